The average Bonchev–Trinajstić information content (AvgIpc) is 2.83. The van der Waals surface area contributed by atoms with E-state index < -0.39 is 5.97 Å². The van der Waals surface area contributed by atoms with Crippen molar-refractivity contribution in [2.75, 3.05) is 6.61 Å². The van der Waals surface area contributed by atoms with Gasteiger partial charge in [0.2, 0.25) is 0 Å². The first-order valence-electron chi connectivity index (χ1n) is 7.57. The Morgan fingerprint density at radius 3 is 2.74 bits per heavy atom. The molecule has 124 valence electrons. The van der Waals surface area contributed by atoms with Gasteiger partial charge >= 0.3 is 5.97 Å². The number of carbonyl (C=O) groups excluding carboxylic acids is 1. The number of esters is 1. The third-order valence-electron chi connectivity index (χ3n) is 3.51. The Hall–Kier alpha value is -2.08. The third-order valence-corrected chi connectivity index (χ3v) is 3.87. The third kappa shape index (κ3) is 3.32. The molecule has 0 fully saturated rings. The van der Waals surface area contributed by atoms with Crippen molar-refractivity contribution in [1.82, 2.24) is 9.78 Å². The van der Waals surface area contributed by atoms with Crippen LogP contribution in [0.4, 0.5) is 0 Å². The van der Waals surface area contributed by atoms with Gasteiger partial charge in [-0.2, -0.15) is 9.83 Å². The molecular weight excluding hydrogens is 318 g/mol. The first-order chi connectivity index (χ1) is 10.9. The largest absolute Gasteiger partial charge is 0.619 e. The molecule has 2 aromatic heterocycles. The fraction of sp³-hybridized carbons (Fsp3) is 0.438. The van der Waals surface area contributed by atoms with E-state index in [-0.39, 0.29) is 23.2 Å². The second-order valence-electron chi connectivity index (χ2n) is 5.38. The Balaban J connectivity index is 2.69. The van der Waals surface area contributed by atoms with E-state index in [1.165, 1.54) is 12.4 Å². The summed E-state index contributed by atoms with van der Waals surface area (Å²) >= 11 is 6.41. The molecule has 0 saturated heterocycles. The lowest BCUT2D eigenvalue weighted by atomic mass is 9.97. The van der Waals surface area contributed by atoms with Crippen LogP contribution < -0.4 is 4.73 Å². The summed E-state index contributed by atoms with van der Waals surface area (Å²) < 4.78 is 7.33. The zero-order chi connectivity index (χ0) is 17.1. The van der Waals surface area contributed by atoms with Gasteiger partial charge < -0.3 is 9.94 Å². The Morgan fingerprint density at radius 1 is 1.48 bits per heavy atom. The van der Waals surface area contributed by atoms with E-state index >= 15 is 0 Å². The molecule has 0 aliphatic heterocycles. The highest BCUT2D eigenvalue weighted by Crippen LogP contribution is 2.35. The van der Waals surface area contributed by atoms with Gasteiger partial charge in [0, 0.05) is 12.6 Å². The van der Waals surface area contributed by atoms with Crippen LogP contribution in [-0.4, -0.2) is 22.4 Å². The molecule has 2 heterocycles. The van der Waals surface area contributed by atoms with Crippen molar-refractivity contribution in [3.05, 3.63) is 39.9 Å². The molecule has 0 spiro atoms. The molecule has 0 radical (unpaired) electrons. The standard InChI is InChI=1S/C16H20ClN3O3/c1-5-20-15(13(17)14(18-20)16(21)23-6-2)12-9-19(22)8-7-11(12)10(3)4/h7-10H,5-6H2,1-4H3. The van der Waals surface area contributed by atoms with Crippen LogP contribution in [-0.2, 0) is 11.3 Å². The monoisotopic (exact) mass is 337 g/mol. The smallest absolute Gasteiger partial charge is 0.360 e. The molecule has 7 heteroatoms. The van der Waals surface area contributed by atoms with Crippen LogP contribution in [0.15, 0.2) is 18.5 Å². The van der Waals surface area contributed by atoms with Crippen LogP contribution in [0.2, 0.25) is 5.02 Å². The van der Waals surface area contributed by atoms with Crippen LogP contribution in [0.3, 0.4) is 0 Å². The molecule has 6 nitrogen and oxygen atoms in total. The Kier molecular flexibility index (Phi) is 5.26. The quantitative estimate of drug-likeness (QED) is 0.477. The van der Waals surface area contributed by atoms with Crippen molar-refractivity contribution >= 4 is 17.6 Å². The van der Waals surface area contributed by atoms with E-state index in [4.69, 9.17) is 16.3 Å². The van der Waals surface area contributed by atoms with Gasteiger partial charge in [-0.15, -0.1) is 0 Å². The summed E-state index contributed by atoms with van der Waals surface area (Å²) in [6, 6.07) is 1.76. The molecule has 0 aliphatic rings. The summed E-state index contributed by atoms with van der Waals surface area (Å²) in [6.07, 6.45) is 2.91. The number of carbonyl (C=O) groups is 1. The maximum Gasteiger partial charge on any atom is 0.360 e. The van der Waals surface area contributed by atoms with Crippen molar-refractivity contribution < 1.29 is 14.3 Å². The lowest BCUT2D eigenvalue weighted by molar-refractivity contribution is -0.604. The number of aromatic nitrogens is 3. The van der Waals surface area contributed by atoms with Gasteiger partial charge in [0.25, 0.3) is 0 Å². The number of hydrogen-bond acceptors (Lipinski definition) is 4. The maximum atomic E-state index is 12.0. The van der Waals surface area contributed by atoms with Gasteiger partial charge in [-0.25, -0.2) is 4.79 Å². The molecule has 0 amide bonds. The molecular formula is C16H20ClN3O3. The van der Waals surface area contributed by atoms with Crippen molar-refractivity contribution in [1.29, 1.82) is 0 Å². The average molecular weight is 338 g/mol. The fourth-order valence-electron chi connectivity index (χ4n) is 2.45. The molecule has 2 rings (SSSR count). The number of halogens is 1. The first kappa shape index (κ1) is 17.3. The Bertz CT molecular complexity index is 726. The lowest BCUT2D eigenvalue weighted by Gasteiger charge is -2.13. The predicted octanol–water partition coefficient (Wildman–Crippen LogP) is 3.16. The molecule has 23 heavy (non-hydrogen) atoms. The normalized spacial score (nSPS) is 11.0. The second-order valence-corrected chi connectivity index (χ2v) is 5.75. The predicted molar refractivity (Wildman–Crippen MR) is 87.4 cm³/mol. The number of nitrogens with zero attached hydrogens (tertiary/aromatic N) is 3. The van der Waals surface area contributed by atoms with Crippen LogP contribution in [0.25, 0.3) is 11.3 Å². The molecule has 0 saturated carbocycles. The molecule has 0 aliphatic carbocycles. The maximum absolute atomic E-state index is 12.0. The van der Waals surface area contributed by atoms with Gasteiger partial charge in [-0.1, -0.05) is 25.4 Å². The zero-order valence-electron chi connectivity index (χ0n) is 13.7. The Morgan fingerprint density at radius 2 is 2.17 bits per heavy atom. The van der Waals surface area contributed by atoms with Crippen LogP contribution in [0.1, 0.15) is 49.7 Å². The molecule has 0 aromatic carbocycles. The number of pyridine rings is 1. The first-order valence-corrected chi connectivity index (χ1v) is 7.94. The van der Waals surface area contributed by atoms with E-state index in [0.29, 0.717) is 22.5 Å². The highest BCUT2D eigenvalue weighted by atomic mass is 35.5. The molecule has 0 bridgehead atoms. The summed E-state index contributed by atoms with van der Waals surface area (Å²) in [5.74, 6) is -0.378. The van der Waals surface area contributed by atoms with Gasteiger partial charge in [0.05, 0.1) is 17.9 Å². The summed E-state index contributed by atoms with van der Waals surface area (Å²) in [7, 11) is 0. The van der Waals surface area contributed by atoms with E-state index in [0.717, 1.165) is 5.56 Å². The van der Waals surface area contributed by atoms with Gasteiger partial charge in [-0.05, 0) is 25.3 Å². The van der Waals surface area contributed by atoms with Gasteiger partial charge in [0.15, 0.2) is 18.1 Å². The summed E-state index contributed by atoms with van der Waals surface area (Å²) in [5, 5.41) is 16.2. The van der Waals surface area contributed by atoms with Gasteiger partial charge in [-0.3, -0.25) is 4.68 Å². The minimum Gasteiger partial charge on any atom is -0.619 e. The van der Waals surface area contributed by atoms with E-state index in [1.54, 1.807) is 17.7 Å². The second kappa shape index (κ2) is 7.00. The molecule has 2 aromatic rings. The zero-order valence-corrected chi connectivity index (χ0v) is 14.4. The minimum absolute atomic E-state index is 0.0707. The highest BCUT2D eigenvalue weighted by Gasteiger charge is 2.26. The van der Waals surface area contributed by atoms with E-state index in [2.05, 4.69) is 5.10 Å². The van der Waals surface area contributed by atoms with Crippen molar-refractivity contribution in [3.8, 4) is 11.3 Å². The molecule has 0 unspecified atom stereocenters. The Labute approximate surface area is 140 Å². The molecule has 0 N–H and O–H groups in total. The van der Waals surface area contributed by atoms with Crippen molar-refractivity contribution in [3.63, 3.8) is 0 Å². The van der Waals surface area contributed by atoms with E-state index in [1.807, 2.05) is 20.8 Å². The number of rotatable bonds is 5. The number of aryl methyl sites for hydroxylation is 1. The lowest BCUT2D eigenvalue weighted by Crippen LogP contribution is -2.25. The van der Waals surface area contributed by atoms with Crippen molar-refractivity contribution in [2.24, 2.45) is 0 Å². The summed E-state index contributed by atoms with van der Waals surface area (Å²) in [4.78, 5) is 12.0. The number of ether oxygens (including phenoxy) is 1. The van der Waals surface area contributed by atoms with Crippen LogP contribution in [0, 0.1) is 5.21 Å². The number of hydrogen-bond donors (Lipinski definition) is 0. The highest BCUT2D eigenvalue weighted by molar-refractivity contribution is 6.35. The minimum atomic E-state index is -0.567. The van der Waals surface area contributed by atoms with Crippen LogP contribution >= 0.6 is 11.6 Å². The van der Waals surface area contributed by atoms with Crippen molar-refractivity contribution in [2.45, 2.75) is 40.2 Å². The van der Waals surface area contributed by atoms with E-state index in [9.17, 15) is 10.0 Å². The molecule has 0 atom stereocenters. The SMILES string of the molecule is CCOC(=O)c1nn(CC)c(-c2c[n+]([O-])ccc2C(C)C)c1Cl. The fourth-order valence-corrected chi connectivity index (χ4v) is 2.76. The van der Waals surface area contributed by atoms with Gasteiger partial charge in [0.1, 0.15) is 5.02 Å². The summed E-state index contributed by atoms with van der Waals surface area (Å²) in [5.41, 5.74) is 2.27. The summed E-state index contributed by atoms with van der Waals surface area (Å²) in [6.45, 7) is 8.43. The topological polar surface area (TPSA) is 71.1 Å². The van der Waals surface area contributed by atoms with Crippen LogP contribution in [0.5, 0.6) is 0 Å².